The molecule has 7 nitrogen and oxygen atoms in total. The summed E-state index contributed by atoms with van der Waals surface area (Å²) < 4.78 is 0. The van der Waals surface area contributed by atoms with Crippen molar-refractivity contribution in [3.05, 3.63) is 66.4 Å². The molecule has 0 aliphatic carbocycles. The summed E-state index contributed by atoms with van der Waals surface area (Å²) in [5, 5.41) is 3.28. The summed E-state index contributed by atoms with van der Waals surface area (Å²) in [4.78, 5) is 21.8. The molecule has 3 heterocycles. The van der Waals surface area contributed by atoms with Crippen molar-refractivity contribution in [1.29, 1.82) is 0 Å². The Hall–Kier alpha value is -3.92. The number of terminal acetylenes is 1. The van der Waals surface area contributed by atoms with Crippen LogP contribution >= 0.6 is 0 Å². The third-order valence-corrected chi connectivity index (χ3v) is 4.43. The summed E-state index contributed by atoms with van der Waals surface area (Å²) in [6.45, 7) is 0.838. The van der Waals surface area contributed by atoms with E-state index < -0.39 is 0 Å². The van der Waals surface area contributed by atoms with E-state index >= 15 is 0 Å². The van der Waals surface area contributed by atoms with Gasteiger partial charge in [-0.1, -0.05) is 12.0 Å². The number of nitrogens with one attached hydrogen (secondary N) is 1. The first-order valence-corrected chi connectivity index (χ1v) is 8.78. The van der Waals surface area contributed by atoms with Gasteiger partial charge < -0.3 is 15.1 Å². The molecule has 0 saturated heterocycles. The average molecular weight is 369 g/mol. The molecule has 3 aromatic rings. The number of aromatic nitrogens is 4. The number of fused-ring (bicyclic) bond motifs is 1. The van der Waals surface area contributed by atoms with Crippen molar-refractivity contribution >= 4 is 28.5 Å². The van der Waals surface area contributed by atoms with Gasteiger partial charge in [0.15, 0.2) is 5.82 Å². The van der Waals surface area contributed by atoms with Gasteiger partial charge in [0, 0.05) is 43.8 Å². The van der Waals surface area contributed by atoms with Crippen molar-refractivity contribution < 1.29 is 0 Å². The van der Waals surface area contributed by atoms with E-state index in [0.717, 1.165) is 23.5 Å². The maximum absolute atomic E-state index is 5.49. The zero-order chi connectivity index (χ0) is 19.5. The second kappa shape index (κ2) is 7.37. The van der Waals surface area contributed by atoms with Crippen molar-refractivity contribution in [3.63, 3.8) is 0 Å². The molecule has 0 amide bonds. The highest BCUT2D eigenvalue weighted by Gasteiger charge is 2.14. The van der Waals surface area contributed by atoms with Gasteiger partial charge in [-0.3, -0.25) is 0 Å². The monoisotopic (exact) mass is 369 g/mol. The number of likely N-dealkylation sites (N-methyl/N-ethyl adjacent to an activating group) is 2. The fourth-order valence-corrected chi connectivity index (χ4v) is 2.86. The first-order chi connectivity index (χ1) is 13.6. The SMILES string of the molecule is C#Cc1cccc(Nc2ncnc3cnc(N(C)C4=CCN(C)C=C4)nc23)c1. The maximum Gasteiger partial charge on any atom is 0.230 e. The van der Waals surface area contributed by atoms with Crippen LogP contribution in [0.2, 0.25) is 0 Å². The molecule has 0 fully saturated rings. The van der Waals surface area contributed by atoms with Crippen LogP contribution in [0.3, 0.4) is 0 Å². The first-order valence-electron chi connectivity index (χ1n) is 8.78. The standard InChI is InChI=1S/C21H19N7/c1-4-15-6-5-7-16(12-15)25-20-19-18(23-14-24-20)13-22-21(26-19)28(3)17-8-10-27(2)11-9-17/h1,5-10,12-14H,11H2,2-3H3,(H,23,24,25). The Morgan fingerprint density at radius 2 is 2.14 bits per heavy atom. The zero-order valence-corrected chi connectivity index (χ0v) is 15.7. The molecule has 0 radical (unpaired) electrons. The van der Waals surface area contributed by atoms with Crippen LogP contribution in [0.4, 0.5) is 17.5 Å². The molecule has 28 heavy (non-hydrogen) atoms. The van der Waals surface area contributed by atoms with Crippen molar-refractivity contribution in [3.8, 4) is 12.3 Å². The molecule has 138 valence electrons. The highest BCUT2D eigenvalue weighted by molar-refractivity contribution is 5.87. The largest absolute Gasteiger partial charge is 0.377 e. The van der Waals surface area contributed by atoms with E-state index in [9.17, 15) is 0 Å². The predicted molar refractivity (Wildman–Crippen MR) is 111 cm³/mol. The van der Waals surface area contributed by atoms with Crippen molar-refractivity contribution in [2.75, 3.05) is 30.9 Å². The van der Waals surface area contributed by atoms with Crippen LogP contribution in [0.1, 0.15) is 5.56 Å². The van der Waals surface area contributed by atoms with Crippen LogP contribution in [0.25, 0.3) is 11.0 Å². The molecular formula is C21H19N7. The van der Waals surface area contributed by atoms with E-state index in [1.165, 1.54) is 6.33 Å². The lowest BCUT2D eigenvalue weighted by Crippen LogP contribution is -2.23. The predicted octanol–water partition coefficient (Wildman–Crippen LogP) is 2.92. The fraction of sp³-hybridized carbons (Fsp3) is 0.143. The van der Waals surface area contributed by atoms with Gasteiger partial charge in [-0.25, -0.2) is 19.9 Å². The molecule has 0 unspecified atom stereocenters. The number of benzene rings is 1. The minimum absolute atomic E-state index is 0.572. The molecule has 7 heteroatoms. The van der Waals surface area contributed by atoms with E-state index in [1.54, 1.807) is 6.20 Å². The Kier molecular flexibility index (Phi) is 4.60. The van der Waals surface area contributed by atoms with Crippen LogP contribution in [0.5, 0.6) is 0 Å². The maximum atomic E-state index is 5.49. The van der Waals surface area contributed by atoms with Gasteiger partial charge in [0.25, 0.3) is 0 Å². The molecular weight excluding hydrogens is 350 g/mol. The fourth-order valence-electron chi connectivity index (χ4n) is 2.86. The molecule has 4 rings (SSSR count). The van der Waals surface area contributed by atoms with Crippen LogP contribution in [0, 0.1) is 12.3 Å². The molecule has 1 aliphatic heterocycles. The second-order valence-electron chi connectivity index (χ2n) is 6.42. The van der Waals surface area contributed by atoms with Crippen LogP contribution in [-0.2, 0) is 0 Å². The Morgan fingerprint density at radius 1 is 1.25 bits per heavy atom. The van der Waals surface area contributed by atoms with E-state index in [0.29, 0.717) is 22.8 Å². The molecule has 1 N–H and O–H groups in total. The Morgan fingerprint density at radius 3 is 2.93 bits per heavy atom. The third kappa shape index (κ3) is 3.48. The molecule has 0 atom stereocenters. The zero-order valence-electron chi connectivity index (χ0n) is 15.7. The van der Waals surface area contributed by atoms with Gasteiger partial charge in [0.05, 0.1) is 6.20 Å². The number of nitrogens with zero attached hydrogens (tertiary/aromatic N) is 6. The molecule has 0 saturated carbocycles. The Labute approximate surface area is 163 Å². The first kappa shape index (κ1) is 17.5. The van der Waals surface area contributed by atoms with Crippen LogP contribution in [0.15, 0.2) is 60.8 Å². The molecule has 2 aromatic heterocycles. The average Bonchev–Trinajstić information content (AvgIpc) is 2.74. The molecule has 0 spiro atoms. The van der Waals surface area contributed by atoms with Crippen molar-refractivity contribution in [2.24, 2.45) is 0 Å². The van der Waals surface area contributed by atoms with Gasteiger partial charge in [-0.15, -0.1) is 6.42 Å². The number of allylic oxidation sites excluding steroid dienone is 1. The molecule has 0 bridgehead atoms. The van der Waals surface area contributed by atoms with Gasteiger partial charge in [0.2, 0.25) is 5.95 Å². The van der Waals surface area contributed by atoms with Crippen LogP contribution in [-0.4, -0.2) is 45.5 Å². The normalized spacial score (nSPS) is 13.2. The molecule has 1 aromatic carbocycles. The van der Waals surface area contributed by atoms with Crippen molar-refractivity contribution in [1.82, 2.24) is 24.8 Å². The highest BCUT2D eigenvalue weighted by Crippen LogP contribution is 2.24. The summed E-state index contributed by atoms with van der Waals surface area (Å²) >= 11 is 0. The minimum atomic E-state index is 0.572. The summed E-state index contributed by atoms with van der Waals surface area (Å²) in [7, 11) is 3.97. The van der Waals surface area contributed by atoms with E-state index in [1.807, 2.05) is 55.5 Å². The molecule has 1 aliphatic rings. The van der Waals surface area contributed by atoms with Crippen LogP contribution < -0.4 is 10.2 Å². The van der Waals surface area contributed by atoms with Gasteiger partial charge in [0.1, 0.15) is 17.4 Å². The van der Waals surface area contributed by atoms with Gasteiger partial charge >= 0.3 is 0 Å². The third-order valence-electron chi connectivity index (χ3n) is 4.43. The highest BCUT2D eigenvalue weighted by atomic mass is 15.2. The van der Waals surface area contributed by atoms with Crippen molar-refractivity contribution in [2.45, 2.75) is 0 Å². The number of hydrogen-bond donors (Lipinski definition) is 1. The number of rotatable bonds is 4. The quantitative estimate of drug-likeness (QED) is 0.709. The van der Waals surface area contributed by atoms with E-state index in [2.05, 4.69) is 37.2 Å². The van der Waals surface area contributed by atoms with E-state index in [4.69, 9.17) is 11.4 Å². The van der Waals surface area contributed by atoms with Gasteiger partial charge in [-0.05, 0) is 30.4 Å². The minimum Gasteiger partial charge on any atom is -0.377 e. The van der Waals surface area contributed by atoms with Gasteiger partial charge in [-0.2, -0.15) is 0 Å². The summed E-state index contributed by atoms with van der Waals surface area (Å²) in [5.41, 5.74) is 3.97. The lowest BCUT2D eigenvalue weighted by molar-refractivity contribution is 0.501. The van der Waals surface area contributed by atoms with E-state index in [-0.39, 0.29) is 0 Å². The summed E-state index contributed by atoms with van der Waals surface area (Å²) in [6.07, 6.45) is 14.9. The lowest BCUT2D eigenvalue weighted by Gasteiger charge is -2.23. The Bertz CT molecular complexity index is 1130. The summed E-state index contributed by atoms with van der Waals surface area (Å²) in [6, 6.07) is 7.59. The smallest absolute Gasteiger partial charge is 0.230 e. The Balaban J connectivity index is 1.69. The second-order valence-corrected chi connectivity index (χ2v) is 6.42. The summed E-state index contributed by atoms with van der Waals surface area (Å²) in [5.74, 6) is 3.81. The topological polar surface area (TPSA) is 70.1 Å². The lowest BCUT2D eigenvalue weighted by atomic mass is 10.2. The number of hydrogen-bond acceptors (Lipinski definition) is 7. The number of anilines is 3.